The Kier molecular flexibility index (Phi) is 7.09. The molecule has 1 saturated carbocycles. The molecule has 3 nitrogen and oxygen atoms in total. The number of nitrogens with zero attached hydrogens (tertiary/aromatic N) is 1. The van der Waals surface area contributed by atoms with E-state index in [-0.39, 0.29) is 6.10 Å². The first-order valence-corrected chi connectivity index (χ1v) is 7.29. The van der Waals surface area contributed by atoms with Gasteiger partial charge in [0.25, 0.3) is 0 Å². The van der Waals surface area contributed by atoms with Gasteiger partial charge in [0.1, 0.15) is 0 Å². The molecule has 0 aromatic rings. The Hall–Kier alpha value is -0.120. The fourth-order valence-corrected chi connectivity index (χ4v) is 2.05. The van der Waals surface area contributed by atoms with Crippen LogP contribution < -0.4 is 5.32 Å². The van der Waals surface area contributed by atoms with Gasteiger partial charge in [-0.1, -0.05) is 19.8 Å². The monoisotopic (exact) mass is 242 g/mol. The topological polar surface area (TPSA) is 35.5 Å². The third kappa shape index (κ3) is 7.02. The van der Waals surface area contributed by atoms with Crippen molar-refractivity contribution in [1.29, 1.82) is 0 Å². The Balaban J connectivity index is 2.15. The second-order valence-electron chi connectivity index (χ2n) is 5.63. The minimum absolute atomic E-state index is 0.223. The average molecular weight is 242 g/mol. The molecule has 3 heteroatoms. The zero-order chi connectivity index (χ0) is 12.7. The van der Waals surface area contributed by atoms with Crippen molar-refractivity contribution in [2.45, 2.75) is 71.1 Å². The molecule has 0 aromatic heterocycles. The minimum atomic E-state index is -0.223. The van der Waals surface area contributed by atoms with Gasteiger partial charge < -0.3 is 10.4 Å². The van der Waals surface area contributed by atoms with E-state index in [1.165, 1.54) is 32.1 Å². The van der Waals surface area contributed by atoms with E-state index in [9.17, 15) is 5.11 Å². The first-order valence-electron chi connectivity index (χ1n) is 7.29. The number of rotatable bonds is 10. The standard InChI is InChI=1S/C14H30N2O/c1-4-5-6-9-16(12(2)3)11-14(17)10-15-13-7-8-13/h12-15,17H,4-11H2,1-3H3. The largest absolute Gasteiger partial charge is 0.390 e. The van der Waals surface area contributed by atoms with Gasteiger partial charge >= 0.3 is 0 Å². The maximum atomic E-state index is 10.00. The Bertz CT molecular complexity index is 193. The molecule has 0 radical (unpaired) electrons. The van der Waals surface area contributed by atoms with E-state index in [2.05, 4.69) is 31.0 Å². The zero-order valence-electron chi connectivity index (χ0n) is 11.8. The van der Waals surface area contributed by atoms with E-state index in [1.807, 2.05) is 0 Å². The zero-order valence-corrected chi connectivity index (χ0v) is 11.8. The summed E-state index contributed by atoms with van der Waals surface area (Å²) in [7, 11) is 0. The van der Waals surface area contributed by atoms with Gasteiger partial charge in [-0.2, -0.15) is 0 Å². The van der Waals surface area contributed by atoms with E-state index in [0.29, 0.717) is 12.1 Å². The quantitative estimate of drug-likeness (QED) is 0.575. The van der Waals surface area contributed by atoms with Crippen LogP contribution in [0.25, 0.3) is 0 Å². The van der Waals surface area contributed by atoms with Gasteiger partial charge in [-0.25, -0.2) is 0 Å². The maximum Gasteiger partial charge on any atom is 0.0791 e. The number of aliphatic hydroxyl groups excluding tert-OH is 1. The van der Waals surface area contributed by atoms with Crippen LogP contribution in [0.3, 0.4) is 0 Å². The summed E-state index contributed by atoms with van der Waals surface area (Å²) in [5.41, 5.74) is 0. The van der Waals surface area contributed by atoms with Crippen molar-refractivity contribution in [3.63, 3.8) is 0 Å². The van der Waals surface area contributed by atoms with Crippen LogP contribution in [0.15, 0.2) is 0 Å². The molecule has 0 amide bonds. The second-order valence-corrected chi connectivity index (χ2v) is 5.63. The molecule has 0 heterocycles. The van der Waals surface area contributed by atoms with Crippen LogP contribution in [0.2, 0.25) is 0 Å². The van der Waals surface area contributed by atoms with Crippen molar-refractivity contribution in [2.24, 2.45) is 0 Å². The summed E-state index contributed by atoms with van der Waals surface area (Å²) >= 11 is 0. The van der Waals surface area contributed by atoms with E-state index < -0.39 is 0 Å². The van der Waals surface area contributed by atoms with Crippen molar-refractivity contribution in [2.75, 3.05) is 19.6 Å². The lowest BCUT2D eigenvalue weighted by Crippen LogP contribution is -2.42. The number of hydrogen-bond acceptors (Lipinski definition) is 3. The summed E-state index contributed by atoms with van der Waals surface area (Å²) in [5, 5.41) is 13.4. The van der Waals surface area contributed by atoms with Crippen molar-refractivity contribution in [3.05, 3.63) is 0 Å². The van der Waals surface area contributed by atoms with E-state index in [4.69, 9.17) is 0 Å². The van der Waals surface area contributed by atoms with Gasteiger partial charge in [0.05, 0.1) is 6.10 Å². The SMILES string of the molecule is CCCCCN(CC(O)CNC1CC1)C(C)C. The lowest BCUT2D eigenvalue weighted by molar-refractivity contribution is 0.0931. The predicted octanol–water partition coefficient (Wildman–Crippen LogP) is 2.00. The van der Waals surface area contributed by atoms with Crippen LogP contribution in [0.1, 0.15) is 52.9 Å². The molecule has 102 valence electrons. The Morgan fingerprint density at radius 3 is 2.53 bits per heavy atom. The van der Waals surface area contributed by atoms with Crippen LogP contribution >= 0.6 is 0 Å². The van der Waals surface area contributed by atoms with Crippen LogP contribution in [0.5, 0.6) is 0 Å². The van der Waals surface area contributed by atoms with Crippen LogP contribution in [-0.2, 0) is 0 Å². The maximum absolute atomic E-state index is 10.00. The first-order chi connectivity index (χ1) is 8.13. The highest BCUT2D eigenvalue weighted by Gasteiger charge is 2.22. The molecule has 1 aliphatic rings. The molecule has 0 aliphatic heterocycles. The summed E-state index contributed by atoms with van der Waals surface area (Å²) in [4.78, 5) is 2.40. The normalized spacial score (nSPS) is 18.0. The second kappa shape index (κ2) is 8.06. The van der Waals surface area contributed by atoms with E-state index in [1.54, 1.807) is 0 Å². The fraction of sp³-hybridized carbons (Fsp3) is 1.00. The lowest BCUT2D eigenvalue weighted by Gasteiger charge is -2.28. The molecule has 0 saturated heterocycles. The van der Waals surface area contributed by atoms with Crippen molar-refractivity contribution >= 4 is 0 Å². The van der Waals surface area contributed by atoms with Crippen molar-refractivity contribution < 1.29 is 5.11 Å². The fourth-order valence-electron chi connectivity index (χ4n) is 2.05. The Morgan fingerprint density at radius 2 is 2.00 bits per heavy atom. The minimum Gasteiger partial charge on any atom is -0.390 e. The van der Waals surface area contributed by atoms with Crippen LogP contribution in [0, 0.1) is 0 Å². The van der Waals surface area contributed by atoms with Crippen LogP contribution in [0.4, 0.5) is 0 Å². The first kappa shape index (κ1) is 14.9. The third-order valence-electron chi connectivity index (χ3n) is 3.44. The molecular weight excluding hydrogens is 212 g/mol. The predicted molar refractivity (Wildman–Crippen MR) is 73.3 cm³/mol. The molecule has 1 fully saturated rings. The van der Waals surface area contributed by atoms with Gasteiger partial charge in [0.2, 0.25) is 0 Å². The summed E-state index contributed by atoms with van der Waals surface area (Å²) in [6.45, 7) is 9.34. The molecule has 1 unspecified atom stereocenters. The highest BCUT2D eigenvalue weighted by atomic mass is 16.3. The average Bonchev–Trinajstić information content (AvgIpc) is 3.09. The smallest absolute Gasteiger partial charge is 0.0791 e. The van der Waals surface area contributed by atoms with Gasteiger partial charge in [-0.05, 0) is 39.7 Å². The van der Waals surface area contributed by atoms with Crippen LogP contribution in [-0.4, -0.2) is 47.8 Å². The Morgan fingerprint density at radius 1 is 1.29 bits per heavy atom. The van der Waals surface area contributed by atoms with E-state index >= 15 is 0 Å². The summed E-state index contributed by atoms with van der Waals surface area (Å²) in [6, 6.07) is 1.22. The van der Waals surface area contributed by atoms with Gasteiger partial charge in [0, 0.05) is 25.2 Å². The Labute approximate surface area is 107 Å². The molecule has 17 heavy (non-hydrogen) atoms. The molecule has 0 bridgehead atoms. The molecule has 2 N–H and O–H groups in total. The van der Waals surface area contributed by atoms with E-state index in [0.717, 1.165) is 19.6 Å². The number of unbranched alkanes of at least 4 members (excludes halogenated alkanes) is 2. The van der Waals surface area contributed by atoms with Crippen molar-refractivity contribution in [1.82, 2.24) is 10.2 Å². The number of nitrogens with one attached hydrogen (secondary N) is 1. The molecule has 1 aliphatic carbocycles. The van der Waals surface area contributed by atoms with Gasteiger partial charge in [-0.3, -0.25) is 4.90 Å². The molecule has 0 aromatic carbocycles. The molecule has 1 rings (SSSR count). The third-order valence-corrected chi connectivity index (χ3v) is 3.44. The van der Waals surface area contributed by atoms with Gasteiger partial charge in [-0.15, -0.1) is 0 Å². The molecule has 0 spiro atoms. The van der Waals surface area contributed by atoms with Gasteiger partial charge in [0.15, 0.2) is 0 Å². The van der Waals surface area contributed by atoms with Crippen molar-refractivity contribution in [3.8, 4) is 0 Å². The number of hydrogen-bond donors (Lipinski definition) is 2. The summed E-state index contributed by atoms with van der Waals surface area (Å²) in [5.74, 6) is 0. The molecule has 1 atom stereocenters. The number of aliphatic hydroxyl groups is 1. The highest BCUT2D eigenvalue weighted by Crippen LogP contribution is 2.18. The summed E-state index contributed by atoms with van der Waals surface area (Å²) < 4.78 is 0. The molecular formula is C14H30N2O. The highest BCUT2D eigenvalue weighted by molar-refractivity contribution is 4.82. The summed E-state index contributed by atoms with van der Waals surface area (Å²) in [6.07, 6.45) is 6.16. The lowest BCUT2D eigenvalue weighted by atomic mass is 10.2.